The Morgan fingerprint density at radius 1 is 1.38 bits per heavy atom. The molecule has 0 saturated carbocycles. The van der Waals surface area contributed by atoms with Gasteiger partial charge < -0.3 is 20.1 Å². The number of anilines is 1. The number of benzene rings is 1. The van der Waals surface area contributed by atoms with Crippen molar-refractivity contribution in [1.82, 2.24) is 10.3 Å². The van der Waals surface area contributed by atoms with Gasteiger partial charge in [-0.15, -0.1) is 0 Å². The van der Waals surface area contributed by atoms with Crippen LogP contribution in [-0.4, -0.2) is 30.8 Å². The number of nitrogens with one attached hydrogen (secondary N) is 2. The summed E-state index contributed by atoms with van der Waals surface area (Å²) in [7, 11) is 0. The van der Waals surface area contributed by atoms with E-state index in [0.29, 0.717) is 36.4 Å². The molecular weight excluding hydrogens is 313 g/mol. The molecular formula is C17H18FN3O3. The molecule has 1 unspecified atom stereocenters. The predicted octanol–water partition coefficient (Wildman–Crippen LogP) is 3.17. The van der Waals surface area contributed by atoms with E-state index in [2.05, 4.69) is 15.6 Å². The number of pyridine rings is 1. The van der Waals surface area contributed by atoms with Gasteiger partial charge in [-0.25, -0.2) is 14.2 Å². The van der Waals surface area contributed by atoms with Gasteiger partial charge in [-0.05, 0) is 24.6 Å². The number of carbonyl (C=O) groups is 1. The lowest BCUT2D eigenvalue weighted by Gasteiger charge is -2.11. The van der Waals surface area contributed by atoms with Crippen LogP contribution in [0.15, 0.2) is 42.6 Å². The Kier molecular flexibility index (Phi) is 5.22. The first kappa shape index (κ1) is 16.2. The zero-order valence-electron chi connectivity index (χ0n) is 13.0. The van der Waals surface area contributed by atoms with E-state index in [1.165, 1.54) is 18.3 Å². The third kappa shape index (κ3) is 4.66. The Balaban J connectivity index is 1.49. The van der Waals surface area contributed by atoms with Crippen LogP contribution >= 0.6 is 0 Å². The number of carbonyl (C=O) groups excluding carboxylic acids is 1. The molecule has 2 amide bonds. The van der Waals surface area contributed by atoms with Crippen molar-refractivity contribution in [2.45, 2.75) is 6.42 Å². The van der Waals surface area contributed by atoms with Crippen molar-refractivity contribution in [2.75, 3.05) is 25.1 Å². The molecule has 2 heterocycles. The highest BCUT2D eigenvalue weighted by Crippen LogP contribution is 2.21. The lowest BCUT2D eigenvalue weighted by Crippen LogP contribution is -2.33. The van der Waals surface area contributed by atoms with Crippen LogP contribution in [0.1, 0.15) is 6.42 Å². The maximum Gasteiger partial charge on any atom is 0.319 e. The van der Waals surface area contributed by atoms with Crippen molar-refractivity contribution in [3.05, 3.63) is 48.4 Å². The Labute approximate surface area is 139 Å². The SMILES string of the molecule is O=C(NCC1CCOC1)Nc1ccc(Oc2cccc(F)c2)nc1. The van der Waals surface area contributed by atoms with E-state index in [0.717, 1.165) is 13.0 Å². The number of urea groups is 1. The maximum absolute atomic E-state index is 13.1. The van der Waals surface area contributed by atoms with Gasteiger partial charge in [0.25, 0.3) is 0 Å². The van der Waals surface area contributed by atoms with Gasteiger partial charge in [0.2, 0.25) is 5.88 Å². The molecule has 1 saturated heterocycles. The first-order valence-electron chi connectivity index (χ1n) is 7.71. The number of ether oxygens (including phenoxy) is 2. The first-order valence-corrected chi connectivity index (χ1v) is 7.71. The van der Waals surface area contributed by atoms with E-state index < -0.39 is 0 Å². The third-order valence-corrected chi connectivity index (χ3v) is 3.59. The fourth-order valence-corrected chi connectivity index (χ4v) is 2.32. The quantitative estimate of drug-likeness (QED) is 0.883. The standard InChI is InChI=1S/C17H18FN3O3/c18-13-2-1-3-15(8-13)24-16-5-4-14(10-19-16)21-17(22)20-9-12-6-7-23-11-12/h1-5,8,10,12H,6-7,9,11H2,(H2,20,21,22). The highest BCUT2D eigenvalue weighted by atomic mass is 19.1. The van der Waals surface area contributed by atoms with Crippen molar-refractivity contribution in [1.29, 1.82) is 0 Å². The van der Waals surface area contributed by atoms with Gasteiger partial charge >= 0.3 is 6.03 Å². The van der Waals surface area contributed by atoms with Gasteiger partial charge in [-0.2, -0.15) is 0 Å². The number of hydrogen-bond donors (Lipinski definition) is 2. The molecule has 0 radical (unpaired) electrons. The molecule has 1 aromatic carbocycles. The molecule has 1 fully saturated rings. The van der Waals surface area contributed by atoms with E-state index >= 15 is 0 Å². The number of rotatable bonds is 5. The predicted molar refractivity (Wildman–Crippen MR) is 86.7 cm³/mol. The summed E-state index contributed by atoms with van der Waals surface area (Å²) >= 11 is 0. The molecule has 2 aromatic rings. The van der Waals surface area contributed by atoms with Crippen LogP contribution in [0.2, 0.25) is 0 Å². The molecule has 1 aromatic heterocycles. The second-order valence-electron chi connectivity index (χ2n) is 5.51. The Morgan fingerprint density at radius 3 is 3.00 bits per heavy atom. The summed E-state index contributed by atoms with van der Waals surface area (Å²) in [5.41, 5.74) is 0.543. The molecule has 1 aliphatic rings. The second kappa shape index (κ2) is 7.74. The van der Waals surface area contributed by atoms with Gasteiger partial charge in [0, 0.05) is 31.2 Å². The molecule has 0 bridgehead atoms. The third-order valence-electron chi connectivity index (χ3n) is 3.59. The smallest absolute Gasteiger partial charge is 0.319 e. The molecule has 24 heavy (non-hydrogen) atoms. The minimum atomic E-state index is -0.380. The van der Waals surface area contributed by atoms with Gasteiger partial charge in [-0.3, -0.25) is 0 Å². The number of amides is 2. The van der Waals surface area contributed by atoms with Crippen molar-refractivity contribution in [3.63, 3.8) is 0 Å². The lowest BCUT2D eigenvalue weighted by atomic mass is 10.1. The minimum absolute atomic E-state index is 0.289. The second-order valence-corrected chi connectivity index (χ2v) is 5.51. The van der Waals surface area contributed by atoms with Crippen molar-refractivity contribution in [3.8, 4) is 11.6 Å². The largest absolute Gasteiger partial charge is 0.439 e. The van der Waals surface area contributed by atoms with Gasteiger partial charge in [0.15, 0.2) is 0 Å². The van der Waals surface area contributed by atoms with Crippen LogP contribution in [0.4, 0.5) is 14.9 Å². The zero-order chi connectivity index (χ0) is 16.8. The Bertz CT molecular complexity index is 688. The van der Waals surface area contributed by atoms with Crippen LogP contribution in [-0.2, 0) is 4.74 Å². The molecule has 1 atom stereocenters. The van der Waals surface area contributed by atoms with Crippen LogP contribution < -0.4 is 15.4 Å². The average molecular weight is 331 g/mol. The number of aromatic nitrogens is 1. The van der Waals surface area contributed by atoms with Crippen molar-refractivity contribution in [2.24, 2.45) is 5.92 Å². The molecule has 6 nitrogen and oxygen atoms in total. The van der Waals surface area contributed by atoms with Gasteiger partial charge in [0.05, 0.1) is 18.5 Å². The van der Waals surface area contributed by atoms with Crippen LogP contribution in [0.25, 0.3) is 0 Å². The zero-order valence-corrected chi connectivity index (χ0v) is 13.0. The highest BCUT2D eigenvalue weighted by molar-refractivity contribution is 5.89. The van der Waals surface area contributed by atoms with Gasteiger partial charge in [0.1, 0.15) is 11.6 Å². The van der Waals surface area contributed by atoms with Crippen LogP contribution in [0, 0.1) is 11.7 Å². The monoisotopic (exact) mass is 331 g/mol. The number of nitrogens with zero attached hydrogens (tertiary/aromatic N) is 1. The summed E-state index contributed by atoms with van der Waals surface area (Å²) < 4.78 is 23.8. The van der Waals surface area contributed by atoms with E-state index in [9.17, 15) is 9.18 Å². The fraction of sp³-hybridized carbons (Fsp3) is 0.294. The minimum Gasteiger partial charge on any atom is -0.439 e. The van der Waals surface area contributed by atoms with E-state index in [-0.39, 0.29) is 11.8 Å². The van der Waals surface area contributed by atoms with E-state index in [1.807, 2.05) is 0 Å². The summed E-state index contributed by atoms with van der Waals surface area (Å²) in [5.74, 6) is 0.667. The first-order chi connectivity index (χ1) is 11.7. The summed E-state index contributed by atoms with van der Waals surface area (Å²) in [5, 5.41) is 5.50. The molecule has 0 spiro atoms. The Hall–Kier alpha value is -2.67. The Morgan fingerprint density at radius 2 is 2.29 bits per heavy atom. The average Bonchev–Trinajstić information content (AvgIpc) is 3.08. The summed E-state index contributed by atoms with van der Waals surface area (Å²) in [6.45, 7) is 2.03. The van der Waals surface area contributed by atoms with Crippen molar-refractivity contribution < 1.29 is 18.7 Å². The summed E-state index contributed by atoms with van der Waals surface area (Å²) in [6.07, 6.45) is 2.45. The summed E-state index contributed by atoms with van der Waals surface area (Å²) in [6, 6.07) is 8.78. The lowest BCUT2D eigenvalue weighted by molar-refractivity contribution is 0.185. The van der Waals surface area contributed by atoms with Crippen LogP contribution in [0.3, 0.4) is 0 Å². The molecule has 126 valence electrons. The fourth-order valence-electron chi connectivity index (χ4n) is 2.32. The number of halogens is 1. The highest BCUT2D eigenvalue weighted by Gasteiger charge is 2.16. The van der Waals surface area contributed by atoms with Crippen LogP contribution in [0.5, 0.6) is 11.6 Å². The number of hydrogen-bond acceptors (Lipinski definition) is 4. The molecule has 3 rings (SSSR count). The topological polar surface area (TPSA) is 72.5 Å². The van der Waals surface area contributed by atoms with Gasteiger partial charge in [-0.1, -0.05) is 6.07 Å². The molecule has 0 aliphatic carbocycles. The molecule has 1 aliphatic heterocycles. The van der Waals surface area contributed by atoms with Crippen molar-refractivity contribution >= 4 is 11.7 Å². The normalized spacial score (nSPS) is 16.6. The maximum atomic E-state index is 13.1. The summed E-state index contributed by atoms with van der Waals surface area (Å²) in [4.78, 5) is 15.9. The molecule has 2 N–H and O–H groups in total. The van der Waals surface area contributed by atoms with E-state index in [4.69, 9.17) is 9.47 Å². The van der Waals surface area contributed by atoms with E-state index in [1.54, 1.807) is 24.3 Å². The molecule has 7 heteroatoms.